The van der Waals surface area contributed by atoms with Crippen LogP contribution in [0.3, 0.4) is 0 Å². The Kier molecular flexibility index (Phi) is 5.22. The predicted molar refractivity (Wildman–Crippen MR) is 85.4 cm³/mol. The zero-order chi connectivity index (χ0) is 19.6. The van der Waals surface area contributed by atoms with Gasteiger partial charge < -0.3 is 9.47 Å². The van der Waals surface area contributed by atoms with Gasteiger partial charge in [-0.05, 0) is 19.9 Å². The summed E-state index contributed by atoms with van der Waals surface area (Å²) in [6, 6.07) is 1.01. The van der Waals surface area contributed by atoms with E-state index in [1.54, 1.807) is 10.6 Å². The smallest absolute Gasteiger partial charge is 0.425 e. The van der Waals surface area contributed by atoms with E-state index in [0.29, 0.717) is 23.8 Å². The van der Waals surface area contributed by atoms with Gasteiger partial charge >= 0.3 is 6.18 Å². The number of hydrogen-bond acceptors (Lipinski definition) is 6. The summed E-state index contributed by atoms with van der Waals surface area (Å²) < 4.78 is 63.3. The molecule has 0 N–H and O–H groups in total. The second-order valence-electron chi connectivity index (χ2n) is 5.57. The number of aromatic nitrogens is 5. The number of rotatable bonds is 6. The highest BCUT2D eigenvalue weighted by atomic mass is 19.4. The minimum Gasteiger partial charge on any atom is -0.463 e. The van der Waals surface area contributed by atoms with Gasteiger partial charge in [-0.3, -0.25) is 9.38 Å². The third-order valence-electron chi connectivity index (χ3n) is 3.65. The molecule has 3 aromatic rings. The third kappa shape index (κ3) is 4.13. The summed E-state index contributed by atoms with van der Waals surface area (Å²) in [6.07, 6.45) is -2.62. The van der Waals surface area contributed by atoms with Crippen molar-refractivity contribution in [3.8, 4) is 17.1 Å². The molecule has 3 rings (SSSR count). The first kappa shape index (κ1) is 19.0. The van der Waals surface area contributed by atoms with E-state index >= 15 is 0 Å². The predicted octanol–water partition coefficient (Wildman–Crippen LogP) is 3.19. The highest BCUT2D eigenvalue weighted by Crippen LogP contribution is 2.27. The Morgan fingerprint density at radius 1 is 1.19 bits per heavy atom. The summed E-state index contributed by atoms with van der Waals surface area (Å²) >= 11 is 0. The molecule has 7 nitrogen and oxygen atoms in total. The van der Waals surface area contributed by atoms with E-state index < -0.39 is 24.0 Å². The molecule has 0 spiro atoms. The monoisotopic (exact) mass is 385 g/mol. The van der Waals surface area contributed by atoms with Gasteiger partial charge in [0.05, 0.1) is 11.9 Å². The topological polar surface area (TPSA) is 74.4 Å². The quantitative estimate of drug-likeness (QED) is 0.607. The van der Waals surface area contributed by atoms with Crippen LogP contribution in [-0.2, 0) is 11.3 Å². The molecule has 27 heavy (non-hydrogen) atoms. The fourth-order valence-electron chi connectivity index (χ4n) is 2.18. The van der Waals surface area contributed by atoms with Crippen molar-refractivity contribution in [3.05, 3.63) is 36.3 Å². The van der Waals surface area contributed by atoms with E-state index in [4.69, 9.17) is 4.74 Å². The largest absolute Gasteiger partial charge is 0.463 e. The number of fused-ring (bicyclic) bond motifs is 1. The molecule has 0 aliphatic carbocycles. The number of hydrogen-bond donors (Lipinski definition) is 0. The normalized spacial score (nSPS) is 13.1. The summed E-state index contributed by atoms with van der Waals surface area (Å²) in [5, 5.41) is 7.93. The van der Waals surface area contributed by atoms with Gasteiger partial charge in [0, 0.05) is 24.6 Å². The Hall–Kier alpha value is -2.82. The van der Waals surface area contributed by atoms with Gasteiger partial charge in [0.15, 0.2) is 23.4 Å². The van der Waals surface area contributed by atoms with Crippen LogP contribution in [0.15, 0.2) is 24.7 Å². The van der Waals surface area contributed by atoms with Crippen LogP contribution >= 0.6 is 0 Å². The lowest BCUT2D eigenvalue weighted by Gasteiger charge is -2.17. The molecule has 11 heteroatoms. The van der Waals surface area contributed by atoms with E-state index in [9.17, 15) is 17.6 Å². The van der Waals surface area contributed by atoms with Crippen molar-refractivity contribution in [3.63, 3.8) is 0 Å². The maximum atomic E-state index is 14.1. The molecular formula is C16H15F4N5O2. The molecule has 0 fully saturated rings. The van der Waals surface area contributed by atoms with Crippen LogP contribution in [0.4, 0.5) is 17.6 Å². The molecule has 0 amide bonds. The first-order valence-electron chi connectivity index (χ1n) is 7.96. The average Bonchev–Trinajstić information content (AvgIpc) is 3.03. The van der Waals surface area contributed by atoms with Crippen LogP contribution < -0.4 is 4.74 Å². The van der Waals surface area contributed by atoms with Crippen LogP contribution in [0, 0.1) is 5.82 Å². The molecule has 3 aromatic heterocycles. The third-order valence-corrected chi connectivity index (χ3v) is 3.65. The zero-order valence-electron chi connectivity index (χ0n) is 14.4. The van der Waals surface area contributed by atoms with E-state index in [0.717, 1.165) is 13.0 Å². The van der Waals surface area contributed by atoms with Gasteiger partial charge in [-0.1, -0.05) is 0 Å². The second kappa shape index (κ2) is 7.43. The Labute approximate surface area is 151 Å². The molecule has 0 saturated heterocycles. The molecule has 0 unspecified atom stereocenters. The lowest BCUT2D eigenvalue weighted by atomic mass is 10.2. The van der Waals surface area contributed by atoms with Crippen LogP contribution in [0.5, 0.6) is 5.88 Å². The van der Waals surface area contributed by atoms with E-state index in [1.165, 1.54) is 12.4 Å². The maximum Gasteiger partial charge on any atom is 0.425 e. The van der Waals surface area contributed by atoms with Crippen molar-refractivity contribution in [2.75, 3.05) is 6.61 Å². The van der Waals surface area contributed by atoms with E-state index in [2.05, 4.69) is 24.9 Å². The van der Waals surface area contributed by atoms with Crippen LogP contribution in [-0.4, -0.2) is 43.5 Å². The molecule has 0 aliphatic rings. The minimum absolute atomic E-state index is 0.232. The summed E-state index contributed by atoms with van der Waals surface area (Å²) in [5.41, 5.74) is 1.07. The Morgan fingerprint density at radius 2 is 1.96 bits per heavy atom. The van der Waals surface area contributed by atoms with Crippen molar-refractivity contribution in [2.24, 2.45) is 0 Å². The zero-order valence-corrected chi connectivity index (χ0v) is 14.4. The highest BCUT2D eigenvalue weighted by Gasteiger charge is 2.38. The van der Waals surface area contributed by atoms with E-state index in [1.807, 2.05) is 6.92 Å². The number of ether oxygens (including phenoxy) is 2. The molecule has 1 atom stereocenters. The number of halogens is 4. The fourth-order valence-corrected chi connectivity index (χ4v) is 2.18. The standard InChI is InChI=1S/C16H15F4N5O2/c1-3-26-8-14-24-23-13-6-21-12(7-25(13)14)10-4-11(17)15(22-5-10)27-9(2)16(18,19)20/h4-7,9H,3,8H2,1-2H3/t9-/m1/s1. The first-order chi connectivity index (χ1) is 12.8. The molecular weight excluding hydrogens is 370 g/mol. The maximum absolute atomic E-state index is 14.1. The van der Waals surface area contributed by atoms with Crippen molar-refractivity contribution in [1.29, 1.82) is 0 Å². The molecule has 0 bridgehead atoms. The number of nitrogens with zero attached hydrogens (tertiary/aromatic N) is 5. The average molecular weight is 385 g/mol. The fraction of sp³-hybridized carbons (Fsp3) is 0.375. The highest BCUT2D eigenvalue weighted by molar-refractivity contribution is 5.59. The van der Waals surface area contributed by atoms with Gasteiger partial charge in [0.25, 0.3) is 5.88 Å². The SMILES string of the molecule is CCOCc1nnc2cnc(-c3cnc(O[C@H](C)C(F)(F)F)c(F)c3)cn12. The van der Waals surface area contributed by atoms with Gasteiger partial charge in [-0.2, -0.15) is 13.2 Å². The van der Waals surface area contributed by atoms with Crippen LogP contribution in [0.2, 0.25) is 0 Å². The van der Waals surface area contributed by atoms with Crippen LogP contribution in [0.1, 0.15) is 19.7 Å². The van der Waals surface area contributed by atoms with Crippen molar-refractivity contribution in [1.82, 2.24) is 24.6 Å². The van der Waals surface area contributed by atoms with Crippen molar-refractivity contribution >= 4 is 5.65 Å². The van der Waals surface area contributed by atoms with Crippen LogP contribution in [0.25, 0.3) is 16.9 Å². The molecule has 144 valence electrons. The molecule has 0 aromatic carbocycles. The van der Waals surface area contributed by atoms with Gasteiger partial charge in [0.1, 0.15) is 6.61 Å². The summed E-state index contributed by atoms with van der Waals surface area (Å²) in [7, 11) is 0. The summed E-state index contributed by atoms with van der Waals surface area (Å²) in [4.78, 5) is 7.80. The van der Waals surface area contributed by atoms with Crippen molar-refractivity contribution in [2.45, 2.75) is 32.7 Å². The lowest BCUT2D eigenvalue weighted by Crippen LogP contribution is -2.31. The molecule has 0 radical (unpaired) electrons. The minimum atomic E-state index is -4.62. The molecule has 0 aliphatic heterocycles. The Balaban J connectivity index is 1.89. The Morgan fingerprint density at radius 3 is 2.63 bits per heavy atom. The van der Waals surface area contributed by atoms with Gasteiger partial charge in [-0.25, -0.2) is 9.37 Å². The summed E-state index contributed by atoms with van der Waals surface area (Å²) in [5.74, 6) is -1.22. The van der Waals surface area contributed by atoms with E-state index in [-0.39, 0.29) is 12.2 Å². The second-order valence-corrected chi connectivity index (χ2v) is 5.57. The Bertz CT molecular complexity index is 944. The lowest BCUT2D eigenvalue weighted by molar-refractivity contribution is -0.190. The number of pyridine rings is 1. The van der Waals surface area contributed by atoms with Gasteiger partial charge in [-0.15, -0.1) is 10.2 Å². The summed E-state index contributed by atoms with van der Waals surface area (Å²) in [6.45, 7) is 3.35. The van der Waals surface area contributed by atoms with Crippen molar-refractivity contribution < 1.29 is 27.0 Å². The molecule has 3 heterocycles. The first-order valence-corrected chi connectivity index (χ1v) is 7.96. The van der Waals surface area contributed by atoms with Gasteiger partial charge in [0.2, 0.25) is 0 Å². The number of alkyl halides is 3. The molecule has 0 saturated carbocycles.